The quantitative estimate of drug-likeness (QED) is 0.823. The van der Waals surface area contributed by atoms with Crippen LogP contribution >= 0.6 is 11.6 Å². The molecule has 136 valence electrons. The normalized spacial score (nSPS) is 14.9. The first kappa shape index (κ1) is 17.9. The molecule has 1 N–H and O–H groups in total. The summed E-state index contributed by atoms with van der Waals surface area (Å²) in [5.74, 6) is -1.35. The lowest BCUT2D eigenvalue weighted by molar-refractivity contribution is -0.136. The van der Waals surface area contributed by atoms with E-state index in [9.17, 15) is 14.4 Å². The Kier molecular flexibility index (Phi) is 4.94. The number of hydrogen-bond donors (Lipinski definition) is 1. The number of aryl methyl sites for hydroxylation is 1. The van der Waals surface area contributed by atoms with Crippen molar-refractivity contribution in [3.8, 4) is 5.69 Å². The van der Waals surface area contributed by atoms with E-state index in [1.54, 1.807) is 19.1 Å². The monoisotopic (exact) mass is 376 g/mol. The average Bonchev–Trinajstić information content (AvgIpc) is 3.17. The van der Waals surface area contributed by atoms with Crippen LogP contribution in [0, 0.1) is 6.92 Å². The van der Waals surface area contributed by atoms with Crippen LogP contribution in [0.5, 0.6) is 0 Å². The number of para-hydroxylation sites is 1. The maximum absolute atomic E-state index is 12.5. The minimum atomic E-state index is -1.12. The zero-order chi connectivity index (χ0) is 18.8. The fourth-order valence-corrected chi connectivity index (χ4v) is 2.99. The van der Waals surface area contributed by atoms with Crippen LogP contribution in [0.2, 0.25) is 5.15 Å². The lowest BCUT2D eigenvalue weighted by Gasteiger charge is -2.18. The minimum Gasteiger partial charge on any atom is -0.449 e. The molecular formula is C17H17ClN4O4. The number of rotatable bonds is 4. The van der Waals surface area contributed by atoms with Gasteiger partial charge in [-0.25, -0.2) is 14.3 Å². The van der Waals surface area contributed by atoms with E-state index in [4.69, 9.17) is 16.3 Å². The van der Waals surface area contributed by atoms with Crippen molar-refractivity contribution in [3.05, 3.63) is 46.7 Å². The van der Waals surface area contributed by atoms with Crippen molar-refractivity contribution in [3.63, 3.8) is 0 Å². The van der Waals surface area contributed by atoms with Crippen LogP contribution in [0.25, 0.3) is 5.69 Å². The second-order valence-electron chi connectivity index (χ2n) is 5.77. The van der Waals surface area contributed by atoms with Gasteiger partial charge in [0, 0.05) is 13.1 Å². The smallest absolute Gasteiger partial charge is 0.344 e. The van der Waals surface area contributed by atoms with Crippen LogP contribution in [0.4, 0.5) is 4.79 Å². The fraction of sp³-hybridized carbons (Fsp3) is 0.294. The molecule has 3 amide bonds. The maximum atomic E-state index is 12.5. The number of halogens is 1. The van der Waals surface area contributed by atoms with E-state index in [2.05, 4.69) is 10.4 Å². The predicted octanol–water partition coefficient (Wildman–Crippen LogP) is 1.93. The molecule has 1 aromatic heterocycles. The first-order valence-corrected chi connectivity index (χ1v) is 8.38. The van der Waals surface area contributed by atoms with Crippen molar-refractivity contribution >= 4 is 29.5 Å². The number of nitrogens with zero attached hydrogens (tertiary/aromatic N) is 3. The third-order valence-corrected chi connectivity index (χ3v) is 4.31. The highest BCUT2D eigenvalue weighted by molar-refractivity contribution is 6.33. The highest BCUT2D eigenvalue weighted by atomic mass is 35.5. The lowest BCUT2D eigenvalue weighted by Crippen LogP contribution is -2.41. The summed E-state index contributed by atoms with van der Waals surface area (Å²) in [4.78, 5) is 37.3. The van der Waals surface area contributed by atoms with E-state index in [0.717, 1.165) is 4.90 Å². The van der Waals surface area contributed by atoms with E-state index < -0.39 is 24.0 Å². The van der Waals surface area contributed by atoms with Crippen LogP contribution in [0.15, 0.2) is 30.3 Å². The maximum Gasteiger partial charge on any atom is 0.344 e. The Morgan fingerprint density at radius 1 is 1.31 bits per heavy atom. The van der Waals surface area contributed by atoms with Crippen LogP contribution in [-0.4, -0.2) is 51.8 Å². The number of nitrogens with one attached hydrogen (secondary N) is 1. The van der Waals surface area contributed by atoms with Gasteiger partial charge in [0.1, 0.15) is 10.7 Å². The number of aromatic nitrogens is 2. The average molecular weight is 377 g/mol. The van der Waals surface area contributed by atoms with E-state index >= 15 is 0 Å². The largest absolute Gasteiger partial charge is 0.449 e. The van der Waals surface area contributed by atoms with E-state index in [1.807, 2.05) is 18.2 Å². The van der Waals surface area contributed by atoms with Gasteiger partial charge in [-0.15, -0.1) is 0 Å². The molecule has 8 nitrogen and oxygen atoms in total. The number of esters is 1. The molecule has 3 rings (SSSR count). The molecule has 0 spiro atoms. The number of ether oxygens (including phenoxy) is 1. The summed E-state index contributed by atoms with van der Waals surface area (Å²) in [6.07, 6.45) is -1.12. The molecule has 1 aliphatic rings. The molecular weight excluding hydrogens is 360 g/mol. The van der Waals surface area contributed by atoms with Crippen LogP contribution in [0.1, 0.15) is 23.0 Å². The molecule has 0 aliphatic carbocycles. The predicted molar refractivity (Wildman–Crippen MR) is 93.3 cm³/mol. The molecule has 2 aromatic rings. The van der Waals surface area contributed by atoms with Crippen LogP contribution < -0.4 is 5.32 Å². The van der Waals surface area contributed by atoms with Gasteiger partial charge in [-0.05, 0) is 26.0 Å². The van der Waals surface area contributed by atoms with Crippen molar-refractivity contribution in [2.75, 3.05) is 13.1 Å². The number of amides is 3. The first-order chi connectivity index (χ1) is 12.4. The summed E-state index contributed by atoms with van der Waals surface area (Å²) in [7, 11) is 0. The van der Waals surface area contributed by atoms with E-state index in [1.165, 1.54) is 11.6 Å². The molecule has 1 unspecified atom stereocenters. The van der Waals surface area contributed by atoms with Crippen molar-refractivity contribution in [1.82, 2.24) is 20.0 Å². The topological polar surface area (TPSA) is 93.5 Å². The van der Waals surface area contributed by atoms with Crippen LogP contribution in [-0.2, 0) is 9.53 Å². The molecule has 1 atom stereocenters. The van der Waals surface area contributed by atoms with Gasteiger partial charge in [-0.1, -0.05) is 29.8 Å². The molecule has 1 fully saturated rings. The third kappa shape index (κ3) is 3.28. The summed E-state index contributed by atoms with van der Waals surface area (Å²) < 4.78 is 6.65. The van der Waals surface area contributed by atoms with Gasteiger partial charge < -0.3 is 10.1 Å². The first-order valence-electron chi connectivity index (χ1n) is 8.01. The molecule has 1 aromatic carbocycles. The van der Waals surface area contributed by atoms with Gasteiger partial charge in [0.2, 0.25) is 0 Å². The van der Waals surface area contributed by atoms with Gasteiger partial charge in [-0.3, -0.25) is 9.69 Å². The third-order valence-electron chi connectivity index (χ3n) is 3.96. The zero-order valence-corrected chi connectivity index (χ0v) is 15.0. The Bertz CT molecular complexity index is 865. The van der Waals surface area contributed by atoms with Crippen molar-refractivity contribution in [2.24, 2.45) is 0 Å². The van der Waals surface area contributed by atoms with Crippen LogP contribution in [0.3, 0.4) is 0 Å². The highest BCUT2D eigenvalue weighted by Gasteiger charge is 2.33. The number of benzene rings is 1. The molecule has 26 heavy (non-hydrogen) atoms. The van der Waals surface area contributed by atoms with Gasteiger partial charge in [0.15, 0.2) is 6.10 Å². The second kappa shape index (κ2) is 7.17. The second-order valence-corrected chi connectivity index (χ2v) is 6.13. The highest BCUT2D eigenvalue weighted by Crippen LogP contribution is 2.24. The molecule has 0 radical (unpaired) electrons. The molecule has 0 bridgehead atoms. The Morgan fingerprint density at radius 3 is 2.62 bits per heavy atom. The number of carbonyl (C=O) groups excluding carboxylic acids is 3. The van der Waals surface area contributed by atoms with Gasteiger partial charge in [0.05, 0.1) is 11.4 Å². The standard InChI is InChI=1S/C17H17ClN4O4/c1-10-13(14(18)22(20-10)12-6-4-3-5-7-12)16(24)26-11(2)15(23)21-9-8-19-17(21)25/h3-7,11H,8-9H2,1-2H3,(H,19,25). The summed E-state index contributed by atoms with van der Waals surface area (Å²) in [6.45, 7) is 3.66. The fourth-order valence-electron chi connectivity index (χ4n) is 2.64. The van der Waals surface area contributed by atoms with E-state index in [0.29, 0.717) is 17.9 Å². The molecule has 2 heterocycles. The summed E-state index contributed by atoms with van der Waals surface area (Å²) in [5.41, 5.74) is 1.15. The SMILES string of the molecule is Cc1nn(-c2ccccc2)c(Cl)c1C(=O)OC(C)C(=O)N1CCNC1=O. The minimum absolute atomic E-state index is 0.0843. The summed E-state index contributed by atoms with van der Waals surface area (Å²) in [6, 6.07) is 8.59. The zero-order valence-electron chi connectivity index (χ0n) is 14.2. The molecule has 1 saturated heterocycles. The summed E-state index contributed by atoms with van der Waals surface area (Å²) in [5, 5.41) is 6.88. The number of carbonyl (C=O) groups is 3. The Labute approximate surface area is 154 Å². The lowest BCUT2D eigenvalue weighted by atomic mass is 10.2. The van der Waals surface area contributed by atoms with Crippen molar-refractivity contribution in [1.29, 1.82) is 0 Å². The number of imide groups is 1. The van der Waals surface area contributed by atoms with E-state index in [-0.39, 0.29) is 17.3 Å². The molecule has 1 aliphatic heterocycles. The van der Waals surface area contributed by atoms with Gasteiger partial charge in [0.25, 0.3) is 5.91 Å². The van der Waals surface area contributed by atoms with Crippen molar-refractivity contribution < 1.29 is 19.1 Å². The number of hydrogen-bond acceptors (Lipinski definition) is 5. The van der Waals surface area contributed by atoms with Crippen molar-refractivity contribution in [2.45, 2.75) is 20.0 Å². The Hall–Kier alpha value is -2.87. The number of urea groups is 1. The van der Waals surface area contributed by atoms with Gasteiger partial charge in [-0.2, -0.15) is 5.10 Å². The summed E-state index contributed by atoms with van der Waals surface area (Å²) >= 11 is 6.31. The Balaban J connectivity index is 1.79. The molecule has 0 saturated carbocycles. The molecule has 9 heteroatoms. The van der Waals surface area contributed by atoms with Gasteiger partial charge >= 0.3 is 12.0 Å². The Morgan fingerprint density at radius 2 is 2.00 bits per heavy atom.